The van der Waals surface area contributed by atoms with Crippen LogP contribution in [-0.4, -0.2) is 29.3 Å². The second-order valence-electron chi connectivity index (χ2n) is 3.13. The maximum atomic E-state index is 11.1. The summed E-state index contributed by atoms with van der Waals surface area (Å²) in [5.41, 5.74) is 10.7. The number of hydrogen-bond acceptors (Lipinski definition) is 6. The molecule has 18 heavy (non-hydrogen) atoms. The maximum absolute atomic E-state index is 11.1. The third-order valence-electron chi connectivity index (χ3n) is 2.02. The minimum Gasteiger partial charge on any atom is -0.478 e. The predicted molar refractivity (Wildman–Crippen MR) is 66.7 cm³/mol. The highest BCUT2D eigenvalue weighted by atomic mass is 32.1. The molecule has 0 unspecified atom stereocenters. The summed E-state index contributed by atoms with van der Waals surface area (Å²) < 4.78 is 9.06. The smallest absolute Gasteiger partial charge is 0.478 e. The molecule has 8 heteroatoms. The highest BCUT2D eigenvalue weighted by Gasteiger charge is 2.22. The van der Waals surface area contributed by atoms with Crippen molar-refractivity contribution in [3.05, 3.63) is 23.3 Å². The van der Waals surface area contributed by atoms with Gasteiger partial charge in [0.15, 0.2) is 5.75 Å². The molecule has 0 radical (unpaired) electrons. The fourth-order valence-corrected chi connectivity index (χ4v) is 1.46. The van der Waals surface area contributed by atoms with Crippen LogP contribution in [0.4, 0.5) is 10.5 Å². The van der Waals surface area contributed by atoms with Gasteiger partial charge in [0, 0.05) is 0 Å². The van der Waals surface area contributed by atoms with Gasteiger partial charge >= 0.3 is 12.1 Å². The number of thiocarbonyl (C=S) groups is 1. The van der Waals surface area contributed by atoms with Crippen molar-refractivity contribution in [3.8, 4) is 5.75 Å². The lowest BCUT2D eigenvalue weighted by Gasteiger charge is -2.13. The highest BCUT2D eigenvalue weighted by Crippen LogP contribution is 2.30. The fourth-order valence-electron chi connectivity index (χ4n) is 1.26. The van der Waals surface area contributed by atoms with Gasteiger partial charge in [-0.1, -0.05) is 12.2 Å². The van der Waals surface area contributed by atoms with Crippen molar-refractivity contribution < 1.29 is 24.2 Å². The van der Waals surface area contributed by atoms with Gasteiger partial charge in [-0.25, -0.2) is 9.59 Å². The molecule has 0 amide bonds. The quantitative estimate of drug-likeness (QED) is 0.318. The number of carbonyl (C=O) groups is 2. The van der Waals surface area contributed by atoms with Crippen molar-refractivity contribution in [1.29, 1.82) is 0 Å². The Bertz CT molecular complexity index is 529. The molecule has 0 aliphatic carbocycles. The Morgan fingerprint density at radius 2 is 2.00 bits per heavy atom. The molecule has 0 heterocycles. The van der Waals surface area contributed by atoms with Gasteiger partial charge in [-0.3, -0.25) is 0 Å². The molecule has 96 valence electrons. The fraction of sp³-hybridized carbons (Fsp3) is 0.100. The molecule has 7 nitrogen and oxygen atoms in total. The van der Waals surface area contributed by atoms with Crippen LogP contribution in [-0.2, 0) is 4.74 Å². The van der Waals surface area contributed by atoms with E-state index in [1.165, 1.54) is 12.1 Å². The Kier molecular flexibility index (Phi) is 4.05. The largest absolute Gasteiger partial charge is 0.513 e. The average molecular weight is 270 g/mol. The van der Waals surface area contributed by atoms with E-state index in [0.29, 0.717) is 0 Å². The molecular formula is C10H10N2O5S. The predicted octanol–water partition coefficient (Wildman–Crippen LogP) is 0.746. The first-order valence-corrected chi connectivity index (χ1v) is 5.00. The first kappa shape index (κ1) is 13.7. The number of benzene rings is 1. The standard InChI is InChI=1S/C10H10N2O5S/c1-16-10(15)17-7-5(11)3-2-4(9(13)14)6(7)8(12)18/h2-3H,11H2,1H3,(H2,12,18)(H,13,14). The van der Waals surface area contributed by atoms with Crippen LogP contribution in [0.5, 0.6) is 5.75 Å². The van der Waals surface area contributed by atoms with Crippen molar-refractivity contribution in [2.24, 2.45) is 5.73 Å². The third-order valence-corrected chi connectivity index (χ3v) is 2.22. The lowest BCUT2D eigenvalue weighted by atomic mass is 10.1. The van der Waals surface area contributed by atoms with Crippen LogP contribution in [0.1, 0.15) is 15.9 Å². The van der Waals surface area contributed by atoms with E-state index in [0.717, 1.165) is 7.11 Å². The molecule has 5 N–H and O–H groups in total. The van der Waals surface area contributed by atoms with Crippen LogP contribution in [0.25, 0.3) is 0 Å². The SMILES string of the molecule is COC(=O)Oc1c(N)ccc(C(=O)O)c1C(N)=S. The van der Waals surface area contributed by atoms with Crippen LogP contribution >= 0.6 is 12.2 Å². The molecule has 0 aliphatic rings. The number of methoxy groups -OCH3 is 1. The van der Waals surface area contributed by atoms with E-state index in [9.17, 15) is 9.59 Å². The van der Waals surface area contributed by atoms with Crippen molar-refractivity contribution >= 4 is 35.0 Å². The molecule has 0 saturated heterocycles. The Hall–Kier alpha value is -2.35. The van der Waals surface area contributed by atoms with E-state index >= 15 is 0 Å². The number of rotatable bonds is 3. The van der Waals surface area contributed by atoms with Gasteiger partial charge in [-0.2, -0.15) is 0 Å². The molecule has 0 saturated carbocycles. The number of nitrogen functional groups attached to an aromatic ring is 1. The maximum Gasteiger partial charge on any atom is 0.513 e. The van der Waals surface area contributed by atoms with Crippen molar-refractivity contribution in [1.82, 2.24) is 0 Å². The van der Waals surface area contributed by atoms with Gasteiger partial charge < -0.3 is 26.0 Å². The van der Waals surface area contributed by atoms with Crippen LogP contribution in [0, 0.1) is 0 Å². The van der Waals surface area contributed by atoms with Crippen LogP contribution in [0.2, 0.25) is 0 Å². The number of aromatic carboxylic acids is 1. The summed E-state index contributed by atoms with van der Waals surface area (Å²) in [5, 5.41) is 8.99. The van der Waals surface area contributed by atoms with E-state index in [-0.39, 0.29) is 27.6 Å². The molecule has 1 aromatic carbocycles. The van der Waals surface area contributed by atoms with E-state index in [1.807, 2.05) is 0 Å². The van der Waals surface area contributed by atoms with Gasteiger partial charge in [-0.15, -0.1) is 0 Å². The van der Waals surface area contributed by atoms with Gasteiger partial charge in [0.25, 0.3) is 0 Å². The molecule has 0 fully saturated rings. The number of carboxylic acids is 1. The number of carbonyl (C=O) groups excluding carboxylic acids is 1. The number of carboxylic acid groups (broad SMARTS) is 1. The Morgan fingerprint density at radius 3 is 2.44 bits per heavy atom. The molecule has 1 rings (SSSR count). The zero-order valence-electron chi connectivity index (χ0n) is 9.30. The zero-order valence-corrected chi connectivity index (χ0v) is 10.1. The van der Waals surface area contributed by atoms with E-state index in [4.69, 9.17) is 33.5 Å². The summed E-state index contributed by atoms with van der Waals surface area (Å²) in [5.74, 6) is -1.50. The average Bonchev–Trinajstić information content (AvgIpc) is 2.30. The number of hydrogen-bond donors (Lipinski definition) is 3. The van der Waals surface area contributed by atoms with Crippen LogP contribution in [0.15, 0.2) is 12.1 Å². The minimum absolute atomic E-state index is 0.0215. The van der Waals surface area contributed by atoms with Gasteiger partial charge in [-0.05, 0) is 12.1 Å². The second kappa shape index (κ2) is 5.32. The normalized spacial score (nSPS) is 9.61. The summed E-state index contributed by atoms with van der Waals surface area (Å²) in [4.78, 5) is 21.8. The van der Waals surface area contributed by atoms with Crippen LogP contribution in [0.3, 0.4) is 0 Å². The summed E-state index contributed by atoms with van der Waals surface area (Å²) in [6.07, 6.45) is -1.05. The molecule has 0 atom stereocenters. The van der Waals surface area contributed by atoms with E-state index in [1.54, 1.807) is 0 Å². The number of nitrogens with two attached hydrogens (primary N) is 2. The first-order valence-electron chi connectivity index (χ1n) is 4.59. The summed E-state index contributed by atoms with van der Waals surface area (Å²) in [6.45, 7) is 0. The lowest BCUT2D eigenvalue weighted by molar-refractivity contribution is 0.0695. The van der Waals surface area contributed by atoms with Gasteiger partial charge in [0.1, 0.15) is 4.99 Å². The first-order chi connectivity index (χ1) is 8.38. The Labute approximate surface area is 107 Å². The van der Waals surface area contributed by atoms with E-state index in [2.05, 4.69) is 4.74 Å². The second-order valence-corrected chi connectivity index (χ2v) is 3.57. The molecule has 0 aromatic heterocycles. The summed E-state index contributed by atoms with van der Waals surface area (Å²) >= 11 is 4.73. The molecule has 0 spiro atoms. The Morgan fingerprint density at radius 1 is 1.39 bits per heavy atom. The lowest BCUT2D eigenvalue weighted by Crippen LogP contribution is -2.20. The molecular weight excluding hydrogens is 260 g/mol. The summed E-state index contributed by atoms with van der Waals surface area (Å²) in [6, 6.07) is 2.49. The van der Waals surface area contributed by atoms with Crippen molar-refractivity contribution in [2.45, 2.75) is 0 Å². The van der Waals surface area contributed by atoms with E-state index < -0.39 is 12.1 Å². The topological polar surface area (TPSA) is 125 Å². The highest BCUT2D eigenvalue weighted by molar-refractivity contribution is 7.80. The zero-order chi connectivity index (χ0) is 13.9. The molecule has 1 aromatic rings. The summed E-state index contributed by atoms with van der Waals surface area (Å²) in [7, 11) is 1.10. The molecule has 0 aliphatic heterocycles. The number of anilines is 1. The minimum atomic E-state index is -1.27. The van der Waals surface area contributed by atoms with Gasteiger partial charge in [0.2, 0.25) is 0 Å². The van der Waals surface area contributed by atoms with Crippen molar-refractivity contribution in [2.75, 3.05) is 12.8 Å². The third kappa shape index (κ3) is 2.66. The monoisotopic (exact) mass is 270 g/mol. The van der Waals surface area contributed by atoms with Gasteiger partial charge in [0.05, 0.1) is 23.9 Å². The molecule has 0 bridgehead atoms. The van der Waals surface area contributed by atoms with Crippen LogP contribution < -0.4 is 16.2 Å². The van der Waals surface area contributed by atoms with Crippen molar-refractivity contribution in [3.63, 3.8) is 0 Å². The Balaban J connectivity index is 3.46. The number of ether oxygens (including phenoxy) is 2.